The molecule has 5 heteroatoms. The van der Waals surface area contributed by atoms with Crippen LogP contribution in [-0.4, -0.2) is 23.5 Å². The number of aliphatic hydroxyl groups is 1. The Hall–Kier alpha value is -2.14. The van der Waals surface area contributed by atoms with Gasteiger partial charge in [-0.15, -0.1) is 0 Å². The minimum Gasteiger partial charge on any atom is -0.494 e. The molecule has 0 atom stereocenters. The van der Waals surface area contributed by atoms with Crippen LogP contribution in [0.15, 0.2) is 29.8 Å². The van der Waals surface area contributed by atoms with Gasteiger partial charge in [0, 0.05) is 17.2 Å². The van der Waals surface area contributed by atoms with Gasteiger partial charge in [-0.2, -0.15) is 0 Å². The average molecular weight is 261 g/mol. The second-order valence-electron chi connectivity index (χ2n) is 4.19. The predicted octanol–water partition coefficient (Wildman–Crippen LogP) is 1.40. The normalized spacial score (nSPS) is 14.9. The average Bonchev–Trinajstić information content (AvgIpc) is 2.64. The third-order valence-electron chi connectivity index (χ3n) is 2.87. The van der Waals surface area contributed by atoms with E-state index in [-0.39, 0.29) is 18.4 Å². The number of carbonyl (C=O) groups excluding carboxylic acids is 2. The molecule has 2 rings (SSSR count). The first-order chi connectivity index (χ1) is 9.08. The van der Waals surface area contributed by atoms with Crippen LogP contribution in [0.2, 0.25) is 0 Å². The Morgan fingerprint density at radius 2 is 2.05 bits per heavy atom. The van der Waals surface area contributed by atoms with Crippen LogP contribution in [0, 0.1) is 0 Å². The van der Waals surface area contributed by atoms with Crippen LogP contribution in [0.3, 0.4) is 0 Å². The summed E-state index contributed by atoms with van der Waals surface area (Å²) in [5.41, 5.74) is 1.39. The first-order valence-electron chi connectivity index (χ1n) is 6.01. The van der Waals surface area contributed by atoms with E-state index in [4.69, 9.17) is 4.74 Å². The number of hydrogen-bond acceptors (Lipinski definition) is 4. The van der Waals surface area contributed by atoms with Crippen LogP contribution in [0.1, 0.15) is 19.4 Å². The topological polar surface area (TPSA) is 66.8 Å². The highest BCUT2D eigenvalue weighted by Crippen LogP contribution is 2.28. The highest BCUT2D eigenvalue weighted by atomic mass is 16.5. The van der Waals surface area contributed by atoms with Gasteiger partial charge in [0.2, 0.25) is 0 Å². The Morgan fingerprint density at radius 3 is 2.58 bits per heavy atom. The molecule has 1 aliphatic heterocycles. The van der Waals surface area contributed by atoms with Crippen LogP contribution in [0.5, 0.6) is 5.75 Å². The van der Waals surface area contributed by atoms with Crippen molar-refractivity contribution in [3.63, 3.8) is 0 Å². The number of nitrogens with zero attached hydrogens (tertiary/aromatic N) is 1. The van der Waals surface area contributed by atoms with E-state index in [0.717, 1.165) is 4.90 Å². The maximum absolute atomic E-state index is 11.9. The molecule has 1 aromatic rings. The van der Waals surface area contributed by atoms with Gasteiger partial charge in [-0.05, 0) is 32.0 Å². The summed E-state index contributed by atoms with van der Waals surface area (Å²) in [5.74, 6) is -0.147. The van der Waals surface area contributed by atoms with Gasteiger partial charge in [-0.25, -0.2) is 4.90 Å². The van der Waals surface area contributed by atoms with Crippen molar-refractivity contribution in [2.75, 3.05) is 11.5 Å². The van der Waals surface area contributed by atoms with Gasteiger partial charge in [0.15, 0.2) is 0 Å². The largest absolute Gasteiger partial charge is 0.494 e. The summed E-state index contributed by atoms with van der Waals surface area (Å²) >= 11 is 0. The summed E-state index contributed by atoms with van der Waals surface area (Å²) < 4.78 is 5.36. The number of ether oxygens (including phenoxy) is 1. The van der Waals surface area contributed by atoms with Gasteiger partial charge in [0.05, 0.1) is 18.9 Å². The van der Waals surface area contributed by atoms with Crippen molar-refractivity contribution in [2.24, 2.45) is 0 Å². The number of hydrogen-bond donors (Lipinski definition) is 1. The number of carbonyl (C=O) groups is 2. The van der Waals surface area contributed by atoms with Gasteiger partial charge in [-0.3, -0.25) is 9.59 Å². The highest BCUT2D eigenvalue weighted by Gasteiger charge is 2.30. The molecule has 0 saturated carbocycles. The molecule has 1 aromatic carbocycles. The molecule has 1 heterocycles. The number of imide groups is 1. The molecule has 0 bridgehead atoms. The summed E-state index contributed by atoms with van der Waals surface area (Å²) in [7, 11) is 0. The van der Waals surface area contributed by atoms with Crippen LogP contribution < -0.4 is 9.64 Å². The lowest BCUT2D eigenvalue weighted by molar-refractivity contribution is -0.120. The zero-order valence-electron chi connectivity index (χ0n) is 10.8. The standard InChI is InChI=1S/C14H15NO4/c1-3-19-12-5-4-11(7-10(12)8-16)15-13(17)6-9(2)14(15)18/h4-7,16H,3,8H2,1-2H3. The molecule has 0 fully saturated rings. The molecule has 0 unspecified atom stereocenters. The third-order valence-corrected chi connectivity index (χ3v) is 2.87. The molecule has 0 saturated heterocycles. The molecule has 1 N–H and O–H groups in total. The SMILES string of the molecule is CCOc1ccc(N2C(=O)C=C(C)C2=O)cc1CO. The van der Waals surface area contributed by atoms with Gasteiger partial charge in [-0.1, -0.05) is 0 Å². The second-order valence-corrected chi connectivity index (χ2v) is 4.19. The molecule has 0 radical (unpaired) electrons. The fourth-order valence-electron chi connectivity index (χ4n) is 1.96. The molecular weight excluding hydrogens is 246 g/mol. The van der Waals surface area contributed by atoms with Gasteiger partial charge in [0.25, 0.3) is 11.8 Å². The van der Waals surface area contributed by atoms with Crippen molar-refractivity contribution in [1.82, 2.24) is 0 Å². The monoisotopic (exact) mass is 261 g/mol. The summed E-state index contributed by atoms with van der Waals surface area (Å²) in [4.78, 5) is 24.7. The highest BCUT2D eigenvalue weighted by molar-refractivity contribution is 6.30. The molecular formula is C14H15NO4. The number of amides is 2. The van der Waals surface area contributed by atoms with Crippen LogP contribution in [0.25, 0.3) is 0 Å². The first-order valence-corrected chi connectivity index (χ1v) is 6.01. The Bertz CT molecular complexity index is 563. The van der Waals surface area contributed by atoms with E-state index in [2.05, 4.69) is 0 Å². The lowest BCUT2D eigenvalue weighted by Gasteiger charge is -2.17. The second kappa shape index (κ2) is 5.24. The maximum Gasteiger partial charge on any atom is 0.261 e. The fourth-order valence-corrected chi connectivity index (χ4v) is 1.96. The van der Waals surface area contributed by atoms with Crippen LogP contribution >= 0.6 is 0 Å². The quantitative estimate of drug-likeness (QED) is 0.832. The van der Waals surface area contributed by atoms with Crippen LogP contribution in [0.4, 0.5) is 5.69 Å². The minimum absolute atomic E-state index is 0.216. The summed E-state index contributed by atoms with van der Waals surface area (Å²) in [6.07, 6.45) is 1.30. The van der Waals surface area contributed by atoms with Gasteiger partial charge >= 0.3 is 0 Å². The van der Waals surface area contributed by atoms with E-state index in [1.807, 2.05) is 6.92 Å². The Balaban J connectivity index is 2.37. The van der Waals surface area contributed by atoms with Crippen molar-refractivity contribution >= 4 is 17.5 Å². The number of rotatable bonds is 4. The van der Waals surface area contributed by atoms with Crippen LogP contribution in [-0.2, 0) is 16.2 Å². The number of benzene rings is 1. The zero-order valence-corrected chi connectivity index (χ0v) is 10.8. The van der Waals surface area contributed by atoms with Crippen molar-refractivity contribution in [3.8, 4) is 5.75 Å². The molecule has 5 nitrogen and oxygen atoms in total. The lowest BCUT2D eigenvalue weighted by Crippen LogP contribution is -2.30. The lowest BCUT2D eigenvalue weighted by atomic mass is 10.1. The zero-order chi connectivity index (χ0) is 14.0. The number of aliphatic hydroxyl groups excluding tert-OH is 1. The van der Waals surface area contributed by atoms with Crippen molar-refractivity contribution in [3.05, 3.63) is 35.4 Å². The van der Waals surface area contributed by atoms with Crippen molar-refractivity contribution in [2.45, 2.75) is 20.5 Å². The van der Waals surface area contributed by atoms with E-state index in [1.54, 1.807) is 25.1 Å². The van der Waals surface area contributed by atoms with E-state index < -0.39 is 0 Å². The Kier molecular flexibility index (Phi) is 3.66. The summed E-state index contributed by atoms with van der Waals surface area (Å²) in [5, 5.41) is 9.31. The summed E-state index contributed by atoms with van der Waals surface area (Å²) in [6.45, 7) is 3.71. The maximum atomic E-state index is 11.9. The minimum atomic E-state index is -0.365. The molecule has 0 aromatic heterocycles. The van der Waals surface area contributed by atoms with Crippen molar-refractivity contribution < 1.29 is 19.4 Å². The molecule has 1 aliphatic rings. The van der Waals surface area contributed by atoms with E-state index in [1.165, 1.54) is 6.08 Å². The van der Waals surface area contributed by atoms with E-state index >= 15 is 0 Å². The Morgan fingerprint density at radius 1 is 1.32 bits per heavy atom. The fraction of sp³-hybridized carbons (Fsp3) is 0.286. The Labute approximate surface area is 111 Å². The third kappa shape index (κ3) is 2.37. The molecule has 2 amide bonds. The summed E-state index contributed by atoms with van der Waals surface area (Å²) in [6, 6.07) is 4.87. The van der Waals surface area contributed by atoms with Crippen molar-refractivity contribution in [1.29, 1.82) is 0 Å². The predicted molar refractivity (Wildman–Crippen MR) is 69.8 cm³/mol. The van der Waals surface area contributed by atoms with Gasteiger partial charge in [0.1, 0.15) is 5.75 Å². The van der Waals surface area contributed by atoms with E-state index in [9.17, 15) is 14.7 Å². The number of anilines is 1. The van der Waals surface area contributed by atoms with E-state index in [0.29, 0.717) is 29.2 Å². The van der Waals surface area contributed by atoms with Gasteiger partial charge < -0.3 is 9.84 Å². The molecule has 19 heavy (non-hydrogen) atoms. The molecule has 0 spiro atoms. The smallest absolute Gasteiger partial charge is 0.261 e. The molecule has 100 valence electrons. The molecule has 0 aliphatic carbocycles. The first kappa shape index (κ1) is 13.3.